The van der Waals surface area contributed by atoms with Crippen LogP contribution in [0.15, 0.2) is 60.7 Å². The van der Waals surface area contributed by atoms with Crippen LogP contribution < -0.4 is 10.6 Å². The second-order valence-corrected chi connectivity index (χ2v) is 11.0. The van der Waals surface area contributed by atoms with Gasteiger partial charge in [-0.05, 0) is 86.6 Å². The monoisotopic (exact) mass is 538 g/mol. The number of carbonyl (C=O) groups is 2. The molecular formula is C33H35FN4O2. The summed E-state index contributed by atoms with van der Waals surface area (Å²) in [6, 6.07) is 19.9. The number of nitrogens with one attached hydrogen (secondary N) is 2. The van der Waals surface area contributed by atoms with Gasteiger partial charge < -0.3 is 15.5 Å². The minimum Gasteiger partial charge on any atom is -0.382 e. The summed E-state index contributed by atoms with van der Waals surface area (Å²) < 4.78 is 14.9. The second-order valence-electron chi connectivity index (χ2n) is 11.0. The molecule has 2 unspecified atom stereocenters. The summed E-state index contributed by atoms with van der Waals surface area (Å²) in [5, 5.41) is 16.0. The van der Waals surface area contributed by atoms with Crippen LogP contribution >= 0.6 is 0 Å². The largest absolute Gasteiger partial charge is 0.382 e. The van der Waals surface area contributed by atoms with E-state index in [1.54, 1.807) is 42.2 Å². The van der Waals surface area contributed by atoms with Gasteiger partial charge in [-0.2, -0.15) is 5.26 Å². The van der Waals surface area contributed by atoms with E-state index in [1.165, 1.54) is 18.9 Å². The van der Waals surface area contributed by atoms with E-state index in [0.29, 0.717) is 42.2 Å². The smallest absolute Gasteiger partial charge is 0.257 e. The van der Waals surface area contributed by atoms with Crippen molar-refractivity contribution in [3.8, 4) is 6.07 Å². The summed E-state index contributed by atoms with van der Waals surface area (Å²) in [6.45, 7) is 4.00. The van der Waals surface area contributed by atoms with Crippen molar-refractivity contribution in [3.05, 3.63) is 94.3 Å². The summed E-state index contributed by atoms with van der Waals surface area (Å²) in [4.78, 5) is 29.3. The molecule has 6 nitrogen and oxygen atoms in total. The SMILES string of the molecule is Cc1ccc(NC(=O)C2CCCN(C(=O)c3c(C)cccc3F)C2c2ccc(NC3CCCC3)cc2)cc1C#N. The average Bonchev–Trinajstić information content (AvgIpc) is 3.47. The van der Waals surface area contributed by atoms with Crippen molar-refractivity contribution < 1.29 is 14.0 Å². The Balaban J connectivity index is 1.48. The number of nitrogens with zero attached hydrogens (tertiary/aromatic N) is 2. The number of nitriles is 1. The molecule has 2 fully saturated rings. The van der Waals surface area contributed by atoms with E-state index < -0.39 is 23.7 Å². The highest BCUT2D eigenvalue weighted by Crippen LogP contribution is 2.39. The van der Waals surface area contributed by atoms with Crippen LogP contribution in [-0.2, 0) is 4.79 Å². The molecule has 2 atom stereocenters. The van der Waals surface area contributed by atoms with Gasteiger partial charge in [0.25, 0.3) is 5.91 Å². The topological polar surface area (TPSA) is 85.2 Å². The summed E-state index contributed by atoms with van der Waals surface area (Å²) in [7, 11) is 0. The molecule has 1 saturated carbocycles. The molecule has 0 spiro atoms. The maximum atomic E-state index is 14.9. The van der Waals surface area contributed by atoms with Gasteiger partial charge in [-0.3, -0.25) is 9.59 Å². The van der Waals surface area contributed by atoms with E-state index in [1.807, 2.05) is 31.2 Å². The lowest BCUT2D eigenvalue weighted by Gasteiger charge is -2.41. The van der Waals surface area contributed by atoms with Gasteiger partial charge in [-0.1, -0.05) is 43.2 Å². The number of halogens is 1. The molecule has 40 heavy (non-hydrogen) atoms. The number of rotatable bonds is 6. The molecule has 3 aromatic rings. The molecule has 1 aliphatic carbocycles. The zero-order chi connectivity index (χ0) is 28.2. The molecule has 1 heterocycles. The van der Waals surface area contributed by atoms with E-state index in [4.69, 9.17) is 0 Å². The summed E-state index contributed by atoms with van der Waals surface area (Å²) in [5.41, 5.74) is 4.32. The minimum absolute atomic E-state index is 0.0466. The van der Waals surface area contributed by atoms with Crippen LogP contribution in [0.3, 0.4) is 0 Å². The summed E-state index contributed by atoms with van der Waals surface area (Å²) >= 11 is 0. The number of anilines is 2. The minimum atomic E-state index is -0.568. The first-order chi connectivity index (χ1) is 19.4. The first-order valence-electron chi connectivity index (χ1n) is 14.1. The summed E-state index contributed by atoms with van der Waals surface area (Å²) in [5.74, 6) is -1.75. The third kappa shape index (κ3) is 5.72. The van der Waals surface area contributed by atoms with E-state index in [0.717, 1.165) is 29.7 Å². The summed E-state index contributed by atoms with van der Waals surface area (Å²) in [6.07, 6.45) is 5.98. The van der Waals surface area contributed by atoms with Crippen molar-refractivity contribution in [2.24, 2.45) is 5.92 Å². The number of amides is 2. The molecule has 7 heteroatoms. The van der Waals surface area contributed by atoms with Crippen molar-refractivity contribution in [2.75, 3.05) is 17.2 Å². The maximum Gasteiger partial charge on any atom is 0.257 e. The molecule has 206 valence electrons. The Bertz CT molecular complexity index is 1420. The van der Waals surface area contributed by atoms with Crippen LogP contribution in [-0.4, -0.2) is 29.3 Å². The van der Waals surface area contributed by atoms with E-state index >= 15 is 0 Å². The molecule has 2 amide bonds. The Hall–Kier alpha value is -4.18. The van der Waals surface area contributed by atoms with E-state index in [-0.39, 0.29) is 11.5 Å². The van der Waals surface area contributed by atoms with E-state index in [2.05, 4.69) is 16.7 Å². The van der Waals surface area contributed by atoms with Gasteiger partial charge in [-0.15, -0.1) is 0 Å². The van der Waals surface area contributed by atoms with Crippen molar-refractivity contribution >= 4 is 23.2 Å². The molecule has 0 aromatic heterocycles. The van der Waals surface area contributed by atoms with E-state index in [9.17, 15) is 19.2 Å². The van der Waals surface area contributed by atoms with Gasteiger partial charge in [0.2, 0.25) is 5.91 Å². The molecule has 0 radical (unpaired) electrons. The number of hydrogen-bond donors (Lipinski definition) is 2. The molecule has 1 aliphatic heterocycles. The molecule has 3 aromatic carbocycles. The fraction of sp³-hybridized carbons (Fsp3) is 0.364. The lowest BCUT2D eigenvalue weighted by Crippen LogP contribution is -2.46. The molecule has 1 saturated heterocycles. The van der Waals surface area contributed by atoms with Crippen LogP contribution in [0.2, 0.25) is 0 Å². The van der Waals surface area contributed by atoms with Crippen molar-refractivity contribution in [3.63, 3.8) is 0 Å². The number of carbonyl (C=O) groups excluding carboxylic acids is 2. The average molecular weight is 539 g/mol. The zero-order valence-corrected chi connectivity index (χ0v) is 23.0. The molecule has 2 N–H and O–H groups in total. The number of piperidine rings is 1. The molecule has 5 rings (SSSR count). The van der Waals surface area contributed by atoms with Crippen molar-refractivity contribution in [2.45, 2.75) is 64.5 Å². The molecule has 0 bridgehead atoms. The Morgan fingerprint density at radius 2 is 1.65 bits per heavy atom. The third-order valence-corrected chi connectivity index (χ3v) is 8.27. The number of hydrogen-bond acceptors (Lipinski definition) is 4. The highest BCUT2D eigenvalue weighted by molar-refractivity contribution is 5.98. The highest BCUT2D eigenvalue weighted by atomic mass is 19.1. The van der Waals surface area contributed by atoms with Gasteiger partial charge in [0, 0.05) is 24.0 Å². The maximum absolute atomic E-state index is 14.9. The van der Waals surface area contributed by atoms with Crippen LogP contribution in [0.1, 0.15) is 77.2 Å². The van der Waals surface area contributed by atoms with Gasteiger partial charge in [0.15, 0.2) is 0 Å². The zero-order valence-electron chi connectivity index (χ0n) is 23.0. The lowest BCUT2D eigenvalue weighted by atomic mass is 9.83. The quantitative estimate of drug-likeness (QED) is 0.357. The Morgan fingerprint density at radius 3 is 2.35 bits per heavy atom. The standard InChI is InChI=1S/C33H35FN4O2/c1-21-12-15-27(19-24(21)20-35)37-32(39)28-10-6-18-38(33(40)30-22(2)7-5-11-29(30)34)31(28)23-13-16-26(17-14-23)36-25-8-3-4-9-25/h5,7,11-17,19,25,28,31,36H,3-4,6,8-10,18H2,1-2H3,(H,37,39). The van der Waals surface area contributed by atoms with Crippen LogP contribution in [0, 0.1) is 36.9 Å². The van der Waals surface area contributed by atoms with Crippen molar-refractivity contribution in [1.29, 1.82) is 5.26 Å². The van der Waals surface area contributed by atoms with Crippen LogP contribution in [0.5, 0.6) is 0 Å². The van der Waals surface area contributed by atoms with Gasteiger partial charge >= 0.3 is 0 Å². The van der Waals surface area contributed by atoms with Gasteiger partial charge in [0.05, 0.1) is 29.2 Å². The Labute approximate surface area is 235 Å². The van der Waals surface area contributed by atoms with Crippen LogP contribution in [0.4, 0.5) is 15.8 Å². The third-order valence-electron chi connectivity index (χ3n) is 8.27. The molecular weight excluding hydrogens is 503 g/mol. The van der Waals surface area contributed by atoms with Crippen LogP contribution in [0.25, 0.3) is 0 Å². The second kappa shape index (κ2) is 11.9. The Morgan fingerprint density at radius 1 is 0.925 bits per heavy atom. The first-order valence-corrected chi connectivity index (χ1v) is 14.1. The first kappa shape index (κ1) is 27.4. The fourth-order valence-corrected chi connectivity index (χ4v) is 6.09. The fourth-order valence-electron chi connectivity index (χ4n) is 6.09. The number of likely N-dealkylation sites (tertiary alicyclic amines) is 1. The normalized spacial score (nSPS) is 19.2. The predicted molar refractivity (Wildman–Crippen MR) is 154 cm³/mol. The Kier molecular flexibility index (Phi) is 8.16. The lowest BCUT2D eigenvalue weighted by molar-refractivity contribution is -0.123. The number of aryl methyl sites for hydroxylation is 2. The van der Waals surface area contributed by atoms with Crippen molar-refractivity contribution in [1.82, 2.24) is 4.90 Å². The van der Waals surface area contributed by atoms with Gasteiger partial charge in [0.1, 0.15) is 5.82 Å². The number of benzene rings is 3. The highest BCUT2D eigenvalue weighted by Gasteiger charge is 2.40. The molecule has 2 aliphatic rings. The van der Waals surface area contributed by atoms with Gasteiger partial charge in [-0.25, -0.2) is 4.39 Å². The predicted octanol–water partition coefficient (Wildman–Crippen LogP) is 6.90.